The smallest absolute Gasteiger partial charge is 0.244 e. The molecular formula is C16H21N9O. The number of anilines is 1. The minimum Gasteiger partial charge on any atom is -0.354 e. The summed E-state index contributed by atoms with van der Waals surface area (Å²) in [5, 5.41) is 11.9. The van der Waals surface area contributed by atoms with Gasteiger partial charge in [-0.3, -0.25) is 4.79 Å². The molecule has 1 aliphatic rings. The number of rotatable bonds is 4. The number of tetrazole rings is 1. The van der Waals surface area contributed by atoms with E-state index in [2.05, 4.69) is 42.3 Å². The Morgan fingerprint density at radius 1 is 1.42 bits per heavy atom. The molecule has 0 spiro atoms. The number of likely N-dealkylation sites (N-methyl/N-ethyl adjacent to an activating group) is 1. The van der Waals surface area contributed by atoms with Gasteiger partial charge in [-0.15, -0.1) is 5.10 Å². The van der Waals surface area contributed by atoms with Crippen LogP contribution in [0.3, 0.4) is 0 Å². The number of carbonyl (C=O) groups is 1. The molecule has 26 heavy (non-hydrogen) atoms. The van der Waals surface area contributed by atoms with Gasteiger partial charge < -0.3 is 14.8 Å². The molecule has 1 amide bonds. The zero-order valence-electron chi connectivity index (χ0n) is 14.8. The Morgan fingerprint density at radius 3 is 3.12 bits per heavy atom. The predicted molar refractivity (Wildman–Crippen MR) is 94.3 cm³/mol. The molecule has 0 aliphatic carbocycles. The highest BCUT2D eigenvalue weighted by Gasteiger charge is 2.32. The molecule has 10 nitrogen and oxygen atoms in total. The first-order valence-corrected chi connectivity index (χ1v) is 8.63. The fourth-order valence-corrected chi connectivity index (χ4v) is 3.57. The lowest BCUT2D eigenvalue weighted by Crippen LogP contribution is -2.53. The van der Waals surface area contributed by atoms with Crippen LogP contribution in [0.5, 0.6) is 0 Å². The molecule has 1 saturated heterocycles. The van der Waals surface area contributed by atoms with Gasteiger partial charge in [0.15, 0.2) is 0 Å². The fraction of sp³-hybridized carbons (Fsp3) is 0.500. The summed E-state index contributed by atoms with van der Waals surface area (Å²) in [7, 11) is 2.03. The van der Waals surface area contributed by atoms with Crippen LogP contribution in [0.4, 0.5) is 5.82 Å². The molecule has 0 aromatic carbocycles. The summed E-state index contributed by atoms with van der Waals surface area (Å²) in [6, 6.07) is 2.16. The first kappa shape index (κ1) is 16.4. The number of nitrogens with one attached hydrogen (secondary N) is 1. The van der Waals surface area contributed by atoms with Crippen LogP contribution in [-0.4, -0.2) is 72.1 Å². The van der Waals surface area contributed by atoms with E-state index >= 15 is 0 Å². The van der Waals surface area contributed by atoms with Gasteiger partial charge >= 0.3 is 0 Å². The average molecular weight is 355 g/mol. The molecule has 4 heterocycles. The average Bonchev–Trinajstić information content (AvgIpc) is 3.32. The number of nitrogens with zero attached hydrogens (tertiary/aromatic N) is 8. The molecular weight excluding hydrogens is 334 g/mol. The van der Waals surface area contributed by atoms with Gasteiger partial charge in [0.25, 0.3) is 0 Å². The molecule has 0 radical (unpaired) electrons. The van der Waals surface area contributed by atoms with E-state index in [1.54, 1.807) is 6.33 Å². The largest absolute Gasteiger partial charge is 0.354 e. The molecule has 1 fully saturated rings. The minimum absolute atomic E-state index is 0.0251. The number of H-pyrrole nitrogens is 1. The molecule has 0 bridgehead atoms. The lowest BCUT2D eigenvalue weighted by Gasteiger charge is -2.42. The Bertz CT molecular complexity index is 890. The topological polar surface area (TPSA) is 109 Å². The van der Waals surface area contributed by atoms with E-state index in [0.29, 0.717) is 12.5 Å². The second kappa shape index (κ2) is 6.70. The third kappa shape index (κ3) is 2.98. The van der Waals surface area contributed by atoms with Gasteiger partial charge in [-0.25, -0.2) is 14.6 Å². The summed E-state index contributed by atoms with van der Waals surface area (Å²) in [4.78, 5) is 28.5. The van der Waals surface area contributed by atoms with E-state index in [-0.39, 0.29) is 18.5 Å². The van der Waals surface area contributed by atoms with Crippen LogP contribution >= 0.6 is 0 Å². The summed E-state index contributed by atoms with van der Waals surface area (Å²) in [5.41, 5.74) is 0.817. The zero-order chi connectivity index (χ0) is 18.1. The van der Waals surface area contributed by atoms with Crippen molar-refractivity contribution < 1.29 is 4.79 Å². The SMILES string of the molecule is CC1CCN(C(=O)Cn2cnnn2)CC1N(C)c1ncnc2[nH]ccc12. The molecule has 1 N–H and O–H groups in total. The molecule has 10 heteroatoms. The van der Waals surface area contributed by atoms with E-state index in [9.17, 15) is 4.79 Å². The molecule has 4 rings (SSSR count). The first-order valence-electron chi connectivity index (χ1n) is 8.63. The number of fused-ring (bicyclic) bond motifs is 1. The van der Waals surface area contributed by atoms with Crippen molar-refractivity contribution in [2.75, 3.05) is 25.0 Å². The first-order chi connectivity index (χ1) is 12.6. The van der Waals surface area contributed by atoms with Gasteiger partial charge in [0.1, 0.15) is 30.7 Å². The second-order valence-electron chi connectivity index (χ2n) is 6.73. The molecule has 1 aliphatic heterocycles. The van der Waals surface area contributed by atoms with Crippen LogP contribution in [0, 0.1) is 5.92 Å². The van der Waals surface area contributed by atoms with Gasteiger partial charge in [-0.1, -0.05) is 6.92 Å². The Labute approximate surface area is 150 Å². The van der Waals surface area contributed by atoms with Crippen LogP contribution in [0.15, 0.2) is 24.9 Å². The molecule has 0 saturated carbocycles. The van der Waals surface area contributed by atoms with Crippen molar-refractivity contribution in [1.82, 2.24) is 40.1 Å². The van der Waals surface area contributed by atoms with Gasteiger partial charge in [-0.05, 0) is 28.8 Å². The third-order valence-electron chi connectivity index (χ3n) is 5.12. The van der Waals surface area contributed by atoms with E-state index in [4.69, 9.17) is 0 Å². The maximum atomic E-state index is 12.6. The van der Waals surface area contributed by atoms with Crippen molar-refractivity contribution in [2.45, 2.75) is 25.9 Å². The van der Waals surface area contributed by atoms with Crippen LogP contribution in [-0.2, 0) is 11.3 Å². The molecule has 2 unspecified atom stereocenters. The van der Waals surface area contributed by atoms with Crippen LogP contribution < -0.4 is 4.90 Å². The lowest BCUT2D eigenvalue weighted by atomic mass is 9.92. The van der Waals surface area contributed by atoms with Crippen molar-refractivity contribution in [3.05, 3.63) is 24.9 Å². The number of piperidine rings is 1. The number of likely N-dealkylation sites (tertiary alicyclic amines) is 1. The third-order valence-corrected chi connectivity index (χ3v) is 5.12. The molecule has 3 aromatic rings. The fourth-order valence-electron chi connectivity index (χ4n) is 3.57. The highest BCUT2D eigenvalue weighted by atomic mass is 16.2. The Balaban J connectivity index is 1.53. The zero-order valence-corrected chi connectivity index (χ0v) is 14.8. The van der Waals surface area contributed by atoms with Gasteiger partial charge in [0.05, 0.1) is 11.4 Å². The summed E-state index contributed by atoms with van der Waals surface area (Å²) >= 11 is 0. The molecule has 3 aromatic heterocycles. The Hall–Kier alpha value is -3.04. The minimum atomic E-state index is 0.0251. The number of amides is 1. The summed E-state index contributed by atoms with van der Waals surface area (Å²) in [5.74, 6) is 1.35. The van der Waals surface area contributed by atoms with Crippen molar-refractivity contribution in [2.24, 2.45) is 5.92 Å². The monoisotopic (exact) mass is 355 g/mol. The molecule has 2 atom stereocenters. The van der Waals surface area contributed by atoms with Crippen molar-refractivity contribution in [1.29, 1.82) is 0 Å². The number of hydrogen-bond acceptors (Lipinski definition) is 7. The van der Waals surface area contributed by atoms with Crippen molar-refractivity contribution in [3.8, 4) is 0 Å². The standard InChI is InChI=1S/C16H21N9O/c1-11-4-6-24(14(26)8-25-10-20-21-22-25)7-13(11)23(2)16-12-3-5-17-15(12)18-9-19-16/h3,5,9-11,13H,4,6-8H2,1-2H3,(H,17,18,19). The van der Waals surface area contributed by atoms with Crippen LogP contribution in [0.25, 0.3) is 11.0 Å². The van der Waals surface area contributed by atoms with Gasteiger partial charge in [0, 0.05) is 26.3 Å². The lowest BCUT2D eigenvalue weighted by molar-refractivity contribution is -0.133. The predicted octanol–water partition coefficient (Wildman–Crippen LogP) is 0.318. The van der Waals surface area contributed by atoms with Crippen LogP contribution in [0.1, 0.15) is 13.3 Å². The molecule has 136 valence electrons. The normalized spacial score (nSPS) is 20.5. The summed E-state index contributed by atoms with van der Waals surface area (Å²) < 4.78 is 1.45. The van der Waals surface area contributed by atoms with E-state index in [0.717, 1.165) is 29.8 Å². The quantitative estimate of drug-likeness (QED) is 0.718. The number of aromatic nitrogens is 7. The number of carbonyl (C=O) groups excluding carboxylic acids is 1. The van der Waals surface area contributed by atoms with Crippen LogP contribution in [0.2, 0.25) is 0 Å². The highest BCUT2D eigenvalue weighted by molar-refractivity contribution is 5.87. The highest BCUT2D eigenvalue weighted by Crippen LogP contribution is 2.28. The summed E-state index contributed by atoms with van der Waals surface area (Å²) in [6.45, 7) is 3.78. The number of hydrogen-bond donors (Lipinski definition) is 1. The Kier molecular flexibility index (Phi) is 4.23. The van der Waals surface area contributed by atoms with E-state index in [1.807, 2.05) is 24.2 Å². The maximum Gasteiger partial charge on any atom is 0.244 e. The van der Waals surface area contributed by atoms with E-state index in [1.165, 1.54) is 11.0 Å². The number of aromatic amines is 1. The van der Waals surface area contributed by atoms with E-state index < -0.39 is 0 Å². The maximum absolute atomic E-state index is 12.6. The van der Waals surface area contributed by atoms with Gasteiger partial charge in [-0.2, -0.15) is 0 Å². The van der Waals surface area contributed by atoms with Crippen molar-refractivity contribution in [3.63, 3.8) is 0 Å². The second-order valence-corrected chi connectivity index (χ2v) is 6.73. The van der Waals surface area contributed by atoms with Crippen molar-refractivity contribution >= 4 is 22.8 Å². The summed E-state index contributed by atoms with van der Waals surface area (Å²) in [6.07, 6.45) is 5.83. The van der Waals surface area contributed by atoms with Gasteiger partial charge in [0.2, 0.25) is 5.91 Å². The Morgan fingerprint density at radius 2 is 2.31 bits per heavy atom.